The first-order valence-electron chi connectivity index (χ1n) is 8.60. The number of nitrogens with zero attached hydrogens (tertiary/aromatic N) is 3. The molecule has 0 aliphatic carbocycles. The number of benzene rings is 2. The average Bonchev–Trinajstić information content (AvgIpc) is 3.15. The molecule has 0 saturated carbocycles. The van der Waals surface area contributed by atoms with E-state index in [0.717, 1.165) is 11.1 Å². The smallest absolute Gasteiger partial charge is 0.241 e. The minimum Gasteiger partial charge on any atom is -0.494 e. The SMILES string of the molecule is COc1ccc(CN(C)Cc2nc(-c3ccc(OC)c(OC)c3)no2)cc1F. The van der Waals surface area contributed by atoms with Gasteiger partial charge in [-0.05, 0) is 42.9 Å². The first-order chi connectivity index (χ1) is 13.5. The molecule has 1 aromatic heterocycles. The maximum atomic E-state index is 13.8. The normalized spacial score (nSPS) is 10.9. The Morgan fingerprint density at radius 1 is 0.929 bits per heavy atom. The molecule has 8 heteroatoms. The number of methoxy groups -OCH3 is 3. The van der Waals surface area contributed by atoms with Crippen molar-refractivity contribution in [2.24, 2.45) is 0 Å². The Bertz CT molecular complexity index is 945. The van der Waals surface area contributed by atoms with Crippen molar-refractivity contribution >= 4 is 0 Å². The molecule has 0 unspecified atom stereocenters. The Labute approximate surface area is 162 Å². The van der Waals surface area contributed by atoms with Crippen molar-refractivity contribution in [2.75, 3.05) is 28.4 Å². The molecule has 0 atom stereocenters. The summed E-state index contributed by atoms with van der Waals surface area (Å²) in [6.07, 6.45) is 0. The third-order valence-electron chi connectivity index (χ3n) is 4.18. The summed E-state index contributed by atoms with van der Waals surface area (Å²) in [5, 5.41) is 4.03. The first-order valence-corrected chi connectivity index (χ1v) is 8.60. The van der Waals surface area contributed by atoms with Crippen LogP contribution in [0.25, 0.3) is 11.4 Å². The van der Waals surface area contributed by atoms with Crippen LogP contribution in [0.4, 0.5) is 4.39 Å². The van der Waals surface area contributed by atoms with Crippen molar-refractivity contribution < 1.29 is 23.1 Å². The minimum atomic E-state index is -0.387. The molecule has 0 bridgehead atoms. The predicted octanol–water partition coefficient (Wildman–Crippen LogP) is 3.53. The van der Waals surface area contributed by atoms with Crippen molar-refractivity contribution in [3.8, 4) is 28.6 Å². The largest absolute Gasteiger partial charge is 0.494 e. The second kappa shape index (κ2) is 8.71. The Hall–Kier alpha value is -3.13. The van der Waals surface area contributed by atoms with E-state index in [1.54, 1.807) is 32.4 Å². The predicted molar refractivity (Wildman–Crippen MR) is 101 cm³/mol. The van der Waals surface area contributed by atoms with Crippen LogP contribution in [0.5, 0.6) is 17.2 Å². The van der Waals surface area contributed by atoms with E-state index in [0.29, 0.717) is 36.3 Å². The fraction of sp³-hybridized carbons (Fsp3) is 0.300. The molecule has 1 heterocycles. The molecule has 0 saturated heterocycles. The van der Waals surface area contributed by atoms with Crippen LogP contribution < -0.4 is 14.2 Å². The molecule has 0 spiro atoms. The van der Waals surface area contributed by atoms with E-state index < -0.39 is 0 Å². The van der Waals surface area contributed by atoms with E-state index in [-0.39, 0.29) is 11.6 Å². The highest BCUT2D eigenvalue weighted by atomic mass is 19.1. The monoisotopic (exact) mass is 387 g/mol. The van der Waals surface area contributed by atoms with E-state index in [4.69, 9.17) is 18.7 Å². The summed E-state index contributed by atoms with van der Waals surface area (Å²) in [7, 11) is 6.48. The van der Waals surface area contributed by atoms with Gasteiger partial charge in [0, 0.05) is 12.1 Å². The van der Waals surface area contributed by atoms with Gasteiger partial charge in [-0.3, -0.25) is 4.90 Å². The van der Waals surface area contributed by atoms with Crippen molar-refractivity contribution in [3.63, 3.8) is 0 Å². The highest BCUT2D eigenvalue weighted by Crippen LogP contribution is 2.31. The Kier molecular flexibility index (Phi) is 6.10. The van der Waals surface area contributed by atoms with Gasteiger partial charge in [-0.15, -0.1) is 0 Å². The highest BCUT2D eigenvalue weighted by molar-refractivity contribution is 5.60. The number of hydrogen-bond acceptors (Lipinski definition) is 7. The van der Waals surface area contributed by atoms with Gasteiger partial charge in [-0.25, -0.2) is 4.39 Å². The lowest BCUT2D eigenvalue weighted by Crippen LogP contribution is -2.17. The second-order valence-corrected chi connectivity index (χ2v) is 6.22. The van der Waals surface area contributed by atoms with Crippen molar-refractivity contribution in [1.82, 2.24) is 15.0 Å². The summed E-state index contributed by atoms with van der Waals surface area (Å²) in [6, 6.07) is 10.3. The topological polar surface area (TPSA) is 69.9 Å². The summed E-state index contributed by atoms with van der Waals surface area (Å²) in [5.74, 6) is 1.97. The maximum Gasteiger partial charge on any atom is 0.241 e. The van der Waals surface area contributed by atoms with Gasteiger partial charge < -0.3 is 18.7 Å². The second-order valence-electron chi connectivity index (χ2n) is 6.22. The minimum absolute atomic E-state index is 0.225. The zero-order valence-electron chi connectivity index (χ0n) is 16.2. The molecule has 2 aromatic carbocycles. The summed E-state index contributed by atoms with van der Waals surface area (Å²) in [5.41, 5.74) is 1.58. The van der Waals surface area contributed by atoms with Gasteiger partial charge in [0.1, 0.15) is 0 Å². The third-order valence-corrected chi connectivity index (χ3v) is 4.18. The Balaban J connectivity index is 1.68. The van der Waals surface area contributed by atoms with Crippen LogP contribution in [0.1, 0.15) is 11.5 Å². The highest BCUT2D eigenvalue weighted by Gasteiger charge is 2.14. The van der Waals surface area contributed by atoms with Crippen LogP contribution in [-0.2, 0) is 13.1 Å². The zero-order chi connectivity index (χ0) is 20.1. The van der Waals surface area contributed by atoms with Crippen LogP contribution >= 0.6 is 0 Å². The fourth-order valence-corrected chi connectivity index (χ4v) is 2.82. The van der Waals surface area contributed by atoms with E-state index >= 15 is 0 Å². The number of halogens is 1. The summed E-state index contributed by atoms with van der Waals surface area (Å²) in [6.45, 7) is 0.947. The van der Waals surface area contributed by atoms with Gasteiger partial charge in [0.2, 0.25) is 11.7 Å². The number of hydrogen-bond donors (Lipinski definition) is 0. The van der Waals surface area contributed by atoms with Crippen molar-refractivity contribution in [3.05, 3.63) is 53.7 Å². The van der Waals surface area contributed by atoms with Crippen LogP contribution in [0.3, 0.4) is 0 Å². The van der Waals surface area contributed by atoms with Gasteiger partial charge in [-0.1, -0.05) is 11.2 Å². The van der Waals surface area contributed by atoms with Crippen LogP contribution in [0.2, 0.25) is 0 Å². The Morgan fingerprint density at radius 3 is 2.32 bits per heavy atom. The van der Waals surface area contributed by atoms with Crippen LogP contribution in [-0.4, -0.2) is 43.4 Å². The third kappa shape index (κ3) is 4.40. The molecular formula is C20H22FN3O4. The van der Waals surface area contributed by atoms with Gasteiger partial charge in [-0.2, -0.15) is 4.98 Å². The summed E-state index contributed by atoms with van der Waals surface area (Å²) < 4.78 is 34.7. The molecule has 148 valence electrons. The standard InChI is InChI=1S/C20H22FN3O4/c1-24(11-13-5-7-16(25-2)15(21)9-13)12-19-22-20(23-28-19)14-6-8-17(26-3)18(10-14)27-4/h5-10H,11-12H2,1-4H3. The van der Waals surface area contributed by atoms with Gasteiger partial charge >= 0.3 is 0 Å². The van der Waals surface area contributed by atoms with Crippen molar-refractivity contribution in [1.29, 1.82) is 0 Å². The molecule has 0 amide bonds. The van der Waals surface area contributed by atoms with Gasteiger partial charge in [0.05, 0.1) is 27.9 Å². The number of ether oxygens (including phenoxy) is 3. The first kappa shape index (κ1) is 19.6. The summed E-state index contributed by atoms with van der Waals surface area (Å²) in [4.78, 5) is 6.38. The number of rotatable bonds is 8. The maximum absolute atomic E-state index is 13.8. The molecule has 0 fully saturated rings. The van der Waals surface area contributed by atoms with Crippen LogP contribution in [0.15, 0.2) is 40.9 Å². The van der Waals surface area contributed by atoms with Gasteiger partial charge in [0.25, 0.3) is 0 Å². The molecule has 3 aromatic rings. The van der Waals surface area contributed by atoms with E-state index in [1.165, 1.54) is 13.2 Å². The lowest BCUT2D eigenvalue weighted by atomic mass is 10.2. The lowest BCUT2D eigenvalue weighted by molar-refractivity contribution is 0.260. The molecule has 0 aliphatic heterocycles. The van der Waals surface area contributed by atoms with E-state index in [9.17, 15) is 4.39 Å². The molecular weight excluding hydrogens is 365 g/mol. The zero-order valence-corrected chi connectivity index (χ0v) is 16.2. The lowest BCUT2D eigenvalue weighted by Gasteiger charge is -2.14. The van der Waals surface area contributed by atoms with Crippen LogP contribution in [0, 0.1) is 5.82 Å². The van der Waals surface area contributed by atoms with Gasteiger partial charge in [0.15, 0.2) is 23.1 Å². The molecule has 3 rings (SSSR count). The summed E-state index contributed by atoms with van der Waals surface area (Å²) >= 11 is 0. The number of aromatic nitrogens is 2. The quantitative estimate of drug-likeness (QED) is 0.586. The fourth-order valence-electron chi connectivity index (χ4n) is 2.82. The molecule has 0 aliphatic rings. The molecule has 0 N–H and O–H groups in total. The Morgan fingerprint density at radius 2 is 1.64 bits per heavy atom. The molecule has 7 nitrogen and oxygen atoms in total. The molecule has 28 heavy (non-hydrogen) atoms. The van der Waals surface area contributed by atoms with Crippen molar-refractivity contribution in [2.45, 2.75) is 13.1 Å². The van der Waals surface area contributed by atoms with E-state index in [1.807, 2.05) is 24.1 Å². The van der Waals surface area contributed by atoms with E-state index in [2.05, 4.69) is 10.1 Å². The molecule has 0 radical (unpaired) electrons. The average molecular weight is 387 g/mol.